The van der Waals surface area contributed by atoms with E-state index in [1.807, 2.05) is 0 Å². The first-order chi connectivity index (χ1) is 7.58. The number of alkyl halides is 1. The summed E-state index contributed by atoms with van der Waals surface area (Å²) in [5, 5.41) is 0.939. The van der Waals surface area contributed by atoms with E-state index in [-0.39, 0.29) is 0 Å². The lowest BCUT2D eigenvalue weighted by Crippen LogP contribution is -2.23. The molecule has 1 atom stereocenters. The largest absolute Gasteiger partial charge is 0.374 e. The van der Waals surface area contributed by atoms with Gasteiger partial charge in [0, 0.05) is 24.6 Å². The number of rotatable bonds is 5. The van der Waals surface area contributed by atoms with Crippen LogP contribution in [0, 0.1) is 12.8 Å². The second-order valence-electron chi connectivity index (χ2n) is 4.64. The summed E-state index contributed by atoms with van der Waals surface area (Å²) in [6.45, 7) is 7.86. The number of benzene rings is 1. The van der Waals surface area contributed by atoms with Gasteiger partial charge in [-0.2, -0.15) is 0 Å². The van der Waals surface area contributed by atoms with Gasteiger partial charge in [-0.3, -0.25) is 0 Å². The van der Waals surface area contributed by atoms with Crippen LogP contribution >= 0.6 is 15.9 Å². The molecule has 1 unspecified atom stereocenters. The molecule has 0 saturated carbocycles. The summed E-state index contributed by atoms with van der Waals surface area (Å²) in [4.78, 5) is 2.35. The van der Waals surface area contributed by atoms with Crippen molar-refractivity contribution in [2.24, 2.45) is 5.92 Å². The third-order valence-electron chi connectivity index (χ3n) is 3.19. The Bertz CT molecular complexity index is 336. The van der Waals surface area contributed by atoms with Gasteiger partial charge in [0.2, 0.25) is 0 Å². The smallest absolute Gasteiger partial charge is 0.0366 e. The van der Waals surface area contributed by atoms with Gasteiger partial charge in [0.15, 0.2) is 0 Å². The number of halogens is 1. The van der Waals surface area contributed by atoms with Gasteiger partial charge in [0.05, 0.1) is 0 Å². The molecule has 16 heavy (non-hydrogen) atoms. The predicted octanol–water partition coefficient (Wildman–Crippen LogP) is 4.37. The molecular weight excluding hydrogens is 262 g/mol. The second-order valence-corrected chi connectivity index (χ2v) is 5.20. The summed E-state index contributed by atoms with van der Waals surface area (Å²) in [7, 11) is 2.18. The van der Waals surface area contributed by atoms with Crippen LogP contribution in [0.25, 0.3) is 0 Å². The van der Waals surface area contributed by atoms with Gasteiger partial charge in [-0.05, 0) is 36.1 Å². The summed E-state index contributed by atoms with van der Waals surface area (Å²) in [6.07, 6.45) is 1.24. The topological polar surface area (TPSA) is 3.24 Å². The third-order valence-corrected chi connectivity index (χ3v) is 3.80. The molecule has 0 radical (unpaired) electrons. The fourth-order valence-electron chi connectivity index (χ4n) is 1.77. The molecule has 0 spiro atoms. The molecular formula is C14H22BrN. The zero-order chi connectivity index (χ0) is 12.1. The minimum absolute atomic E-state index is 0.751. The number of nitrogens with zero attached hydrogens (tertiary/aromatic N) is 1. The average Bonchev–Trinajstić information content (AvgIpc) is 2.28. The SMILES string of the molecule is CCC(C)CN(C)c1ccc(CBr)c(C)c1. The van der Waals surface area contributed by atoms with Crippen molar-refractivity contribution in [2.75, 3.05) is 18.5 Å². The maximum Gasteiger partial charge on any atom is 0.0366 e. The molecule has 0 aliphatic heterocycles. The molecule has 1 nitrogen and oxygen atoms in total. The van der Waals surface area contributed by atoms with Crippen LogP contribution in [0.1, 0.15) is 31.4 Å². The highest BCUT2D eigenvalue weighted by atomic mass is 79.9. The van der Waals surface area contributed by atoms with Crippen molar-refractivity contribution in [1.29, 1.82) is 0 Å². The normalized spacial score (nSPS) is 12.6. The van der Waals surface area contributed by atoms with Gasteiger partial charge in [0.25, 0.3) is 0 Å². The fraction of sp³-hybridized carbons (Fsp3) is 0.571. The Kier molecular flexibility index (Phi) is 5.33. The van der Waals surface area contributed by atoms with E-state index in [2.05, 4.69) is 66.8 Å². The maximum absolute atomic E-state index is 3.51. The Labute approximate surface area is 108 Å². The predicted molar refractivity (Wildman–Crippen MR) is 76.5 cm³/mol. The van der Waals surface area contributed by atoms with E-state index in [1.165, 1.54) is 23.2 Å². The van der Waals surface area contributed by atoms with Crippen molar-refractivity contribution >= 4 is 21.6 Å². The highest BCUT2D eigenvalue weighted by Gasteiger charge is 2.06. The van der Waals surface area contributed by atoms with Crippen LogP contribution in [-0.2, 0) is 5.33 Å². The number of hydrogen-bond donors (Lipinski definition) is 0. The third kappa shape index (κ3) is 3.51. The van der Waals surface area contributed by atoms with Gasteiger partial charge in [-0.1, -0.05) is 42.3 Å². The highest BCUT2D eigenvalue weighted by Crippen LogP contribution is 2.21. The molecule has 1 aromatic carbocycles. The minimum Gasteiger partial charge on any atom is -0.374 e. The van der Waals surface area contributed by atoms with E-state index in [9.17, 15) is 0 Å². The Hall–Kier alpha value is -0.500. The number of anilines is 1. The van der Waals surface area contributed by atoms with E-state index in [0.29, 0.717) is 0 Å². The van der Waals surface area contributed by atoms with Gasteiger partial charge in [0.1, 0.15) is 0 Å². The Balaban J connectivity index is 2.76. The molecule has 0 amide bonds. The van der Waals surface area contributed by atoms with E-state index in [4.69, 9.17) is 0 Å². The van der Waals surface area contributed by atoms with E-state index < -0.39 is 0 Å². The molecule has 1 rings (SSSR count). The van der Waals surface area contributed by atoms with Crippen LogP contribution in [0.2, 0.25) is 0 Å². The first-order valence-electron chi connectivity index (χ1n) is 5.95. The summed E-state index contributed by atoms with van der Waals surface area (Å²) in [5.41, 5.74) is 4.06. The van der Waals surface area contributed by atoms with Crippen molar-refractivity contribution in [1.82, 2.24) is 0 Å². The molecule has 0 bridgehead atoms. The van der Waals surface area contributed by atoms with Gasteiger partial charge in [-0.25, -0.2) is 0 Å². The van der Waals surface area contributed by atoms with Crippen molar-refractivity contribution < 1.29 is 0 Å². The molecule has 0 aliphatic rings. The lowest BCUT2D eigenvalue weighted by molar-refractivity contribution is 0.560. The Morgan fingerprint density at radius 1 is 1.38 bits per heavy atom. The molecule has 0 N–H and O–H groups in total. The van der Waals surface area contributed by atoms with Crippen LogP contribution in [0.5, 0.6) is 0 Å². The first kappa shape index (κ1) is 13.6. The minimum atomic E-state index is 0.751. The van der Waals surface area contributed by atoms with E-state index >= 15 is 0 Å². The number of hydrogen-bond acceptors (Lipinski definition) is 1. The van der Waals surface area contributed by atoms with Gasteiger partial charge in [-0.15, -0.1) is 0 Å². The summed E-state index contributed by atoms with van der Waals surface area (Å²) < 4.78 is 0. The summed E-state index contributed by atoms with van der Waals surface area (Å²) in [5.74, 6) is 0.751. The van der Waals surface area contributed by atoms with Crippen LogP contribution in [0.4, 0.5) is 5.69 Å². The Morgan fingerprint density at radius 3 is 2.56 bits per heavy atom. The lowest BCUT2D eigenvalue weighted by atomic mass is 10.1. The van der Waals surface area contributed by atoms with Gasteiger partial charge < -0.3 is 4.90 Å². The van der Waals surface area contributed by atoms with Crippen LogP contribution in [0.3, 0.4) is 0 Å². The van der Waals surface area contributed by atoms with E-state index in [0.717, 1.165) is 17.8 Å². The molecule has 0 fully saturated rings. The van der Waals surface area contributed by atoms with Crippen LogP contribution in [0.15, 0.2) is 18.2 Å². The monoisotopic (exact) mass is 283 g/mol. The molecule has 0 heterocycles. The van der Waals surface area contributed by atoms with Crippen molar-refractivity contribution in [2.45, 2.75) is 32.5 Å². The standard InChI is InChI=1S/C14H22BrN/c1-5-11(2)10-16(4)14-7-6-13(9-15)12(3)8-14/h6-8,11H,5,9-10H2,1-4H3. The van der Waals surface area contributed by atoms with Crippen molar-refractivity contribution in [3.8, 4) is 0 Å². The van der Waals surface area contributed by atoms with Crippen molar-refractivity contribution in [3.05, 3.63) is 29.3 Å². The van der Waals surface area contributed by atoms with Crippen LogP contribution in [-0.4, -0.2) is 13.6 Å². The van der Waals surface area contributed by atoms with Crippen LogP contribution < -0.4 is 4.90 Å². The van der Waals surface area contributed by atoms with E-state index in [1.54, 1.807) is 0 Å². The van der Waals surface area contributed by atoms with Crippen molar-refractivity contribution in [3.63, 3.8) is 0 Å². The average molecular weight is 284 g/mol. The highest BCUT2D eigenvalue weighted by molar-refractivity contribution is 9.08. The molecule has 90 valence electrons. The molecule has 0 aliphatic carbocycles. The molecule has 0 saturated heterocycles. The van der Waals surface area contributed by atoms with Gasteiger partial charge >= 0.3 is 0 Å². The fourth-order valence-corrected chi connectivity index (χ4v) is 2.40. The quantitative estimate of drug-likeness (QED) is 0.726. The molecule has 0 aromatic heterocycles. The molecule has 1 aromatic rings. The summed E-state index contributed by atoms with van der Waals surface area (Å²) >= 11 is 3.51. The lowest BCUT2D eigenvalue weighted by Gasteiger charge is -2.23. The maximum atomic E-state index is 3.51. The molecule has 2 heteroatoms. The second kappa shape index (κ2) is 6.29. The zero-order valence-electron chi connectivity index (χ0n) is 10.8. The zero-order valence-corrected chi connectivity index (χ0v) is 12.3. The number of aryl methyl sites for hydroxylation is 1. The summed E-state index contributed by atoms with van der Waals surface area (Å²) in [6, 6.07) is 6.71. The first-order valence-corrected chi connectivity index (χ1v) is 7.07. The Morgan fingerprint density at radius 2 is 2.06 bits per heavy atom.